The number of hydrogen-bond acceptors (Lipinski definition) is 8. The zero-order chi connectivity index (χ0) is 37.1. The Balaban J connectivity index is 0.000000500. The Hall–Kier alpha value is -4.94. The first-order valence-electron chi connectivity index (χ1n) is 14.7. The third-order valence-electron chi connectivity index (χ3n) is 7.29. The second kappa shape index (κ2) is 17.5. The molecule has 3 heterocycles. The molecule has 2 aliphatic heterocycles. The lowest BCUT2D eigenvalue weighted by Crippen LogP contribution is -2.50. The molecule has 19 heteroatoms. The van der Waals surface area contributed by atoms with Crippen LogP contribution in [-0.4, -0.2) is 82.4 Å². The summed E-state index contributed by atoms with van der Waals surface area (Å²) in [5, 5.41) is 23.2. The van der Waals surface area contributed by atoms with E-state index in [0.717, 1.165) is 42.9 Å². The van der Waals surface area contributed by atoms with E-state index >= 15 is 0 Å². The minimum atomic E-state index is -5.08. The Morgan fingerprint density at radius 2 is 1.59 bits per heavy atom. The number of aromatic nitrogens is 1. The van der Waals surface area contributed by atoms with E-state index in [9.17, 15) is 40.7 Å². The van der Waals surface area contributed by atoms with Crippen LogP contribution in [-0.2, 0) is 36.9 Å². The molecule has 2 saturated heterocycles. The SMILES string of the molecule is Cc1nc(N)ccc1CNC(=O)[C@H](C)NC(=O)[C@H]1C[C@H](Cc2ccc(N3CCCC3=O)cc2)CN1.O=C(O)C(F)(F)F.O=C(O)C(F)(F)F. The maximum atomic E-state index is 12.7. The molecule has 0 spiro atoms. The Morgan fingerprint density at radius 1 is 1.02 bits per heavy atom. The first kappa shape index (κ1) is 40.2. The van der Waals surface area contributed by atoms with E-state index in [4.69, 9.17) is 25.5 Å². The molecule has 7 N–H and O–H groups in total. The highest BCUT2D eigenvalue weighted by Crippen LogP contribution is 2.24. The van der Waals surface area contributed by atoms with Crippen molar-refractivity contribution in [2.75, 3.05) is 23.7 Å². The third-order valence-corrected chi connectivity index (χ3v) is 7.29. The predicted molar refractivity (Wildman–Crippen MR) is 162 cm³/mol. The molecular weight excluding hydrogens is 670 g/mol. The van der Waals surface area contributed by atoms with Gasteiger partial charge in [-0.2, -0.15) is 26.3 Å². The molecule has 3 amide bonds. The van der Waals surface area contributed by atoms with Gasteiger partial charge >= 0.3 is 24.3 Å². The number of amides is 3. The van der Waals surface area contributed by atoms with Gasteiger partial charge in [-0.25, -0.2) is 14.6 Å². The number of nitrogens with zero attached hydrogens (tertiary/aromatic N) is 2. The van der Waals surface area contributed by atoms with E-state index in [1.165, 1.54) is 5.56 Å². The van der Waals surface area contributed by atoms with Crippen LogP contribution in [0.25, 0.3) is 0 Å². The molecule has 49 heavy (non-hydrogen) atoms. The molecule has 0 unspecified atom stereocenters. The number of carbonyl (C=O) groups excluding carboxylic acids is 3. The second-order valence-corrected chi connectivity index (χ2v) is 11.1. The van der Waals surface area contributed by atoms with Crippen LogP contribution in [0.5, 0.6) is 0 Å². The Labute approximate surface area is 276 Å². The van der Waals surface area contributed by atoms with Gasteiger partial charge in [0.05, 0.1) is 6.04 Å². The maximum Gasteiger partial charge on any atom is 0.490 e. The van der Waals surface area contributed by atoms with Gasteiger partial charge in [-0.3, -0.25) is 14.4 Å². The number of nitrogen functional groups attached to an aromatic ring is 1. The van der Waals surface area contributed by atoms with Crippen molar-refractivity contribution in [1.82, 2.24) is 20.9 Å². The van der Waals surface area contributed by atoms with E-state index in [-0.39, 0.29) is 23.8 Å². The summed E-state index contributed by atoms with van der Waals surface area (Å²) in [5.74, 6) is -4.97. The minimum Gasteiger partial charge on any atom is -0.475 e. The second-order valence-electron chi connectivity index (χ2n) is 11.1. The smallest absolute Gasteiger partial charge is 0.475 e. The largest absolute Gasteiger partial charge is 0.490 e. The molecule has 13 nitrogen and oxygen atoms in total. The molecule has 0 saturated carbocycles. The van der Waals surface area contributed by atoms with Gasteiger partial charge in [-0.05, 0) is 74.9 Å². The van der Waals surface area contributed by atoms with Crippen LogP contribution in [0.2, 0.25) is 0 Å². The molecule has 0 aliphatic carbocycles. The molecule has 1 aromatic carbocycles. The quantitative estimate of drug-likeness (QED) is 0.222. The van der Waals surface area contributed by atoms with Crippen molar-refractivity contribution in [3.63, 3.8) is 0 Å². The van der Waals surface area contributed by atoms with Crippen molar-refractivity contribution >= 4 is 41.2 Å². The fraction of sp³-hybridized carbons (Fsp3) is 0.467. The van der Waals surface area contributed by atoms with Crippen LogP contribution in [0.1, 0.15) is 43.0 Å². The first-order chi connectivity index (χ1) is 22.7. The Morgan fingerprint density at radius 3 is 2.08 bits per heavy atom. The number of carboxylic acids is 2. The molecule has 0 bridgehead atoms. The van der Waals surface area contributed by atoms with E-state index in [2.05, 4.69) is 33.1 Å². The summed E-state index contributed by atoms with van der Waals surface area (Å²) in [6, 6.07) is 10.7. The van der Waals surface area contributed by atoms with Crippen LogP contribution >= 0.6 is 0 Å². The van der Waals surface area contributed by atoms with Gasteiger partial charge in [0.2, 0.25) is 17.7 Å². The molecule has 4 rings (SSSR count). The number of aryl methyl sites for hydroxylation is 1. The number of rotatable bonds is 8. The number of nitrogens with one attached hydrogen (secondary N) is 3. The van der Waals surface area contributed by atoms with Gasteiger partial charge in [0.1, 0.15) is 11.9 Å². The van der Waals surface area contributed by atoms with Crippen molar-refractivity contribution in [3.05, 3.63) is 53.2 Å². The Bertz CT molecular complexity index is 1460. The summed E-state index contributed by atoms with van der Waals surface area (Å²) in [5.41, 5.74) is 9.46. The summed E-state index contributed by atoms with van der Waals surface area (Å²) in [6.45, 7) is 5.38. The highest BCUT2D eigenvalue weighted by molar-refractivity contribution is 5.95. The minimum absolute atomic E-state index is 0.164. The molecule has 0 radical (unpaired) electrons. The summed E-state index contributed by atoms with van der Waals surface area (Å²) in [7, 11) is 0. The highest BCUT2D eigenvalue weighted by atomic mass is 19.4. The van der Waals surface area contributed by atoms with Crippen molar-refractivity contribution in [2.24, 2.45) is 5.92 Å². The highest BCUT2D eigenvalue weighted by Gasteiger charge is 2.39. The van der Waals surface area contributed by atoms with Gasteiger partial charge in [0, 0.05) is 30.9 Å². The van der Waals surface area contributed by atoms with Crippen LogP contribution in [0.3, 0.4) is 0 Å². The summed E-state index contributed by atoms with van der Waals surface area (Å²) in [4.78, 5) is 61.0. The number of benzene rings is 1. The molecule has 270 valence electrons. The number of carboxylic acid groups (broad SMARTS) is 2. The van der Waals surface area contributed by atoms with Gasteiger partial charge < -0.3 is 36.8 Å². The van der Waals surface area contributed by atoms with Crippen LogP contribution in [0.4, 0.5) is 37.8 Å². The van der Waals surface area contributed by atoms with Gasteiger partial charge in [-0.15, -0.1) is 0 Å². The van der Waals surface area contributed by atoms with Crippen molar-refractivity contribution in [3.8, 4) is 0 Å². The van der Waals surface area contributed by atoms with Gasteiger partial charge in [0.15, 0.2) is 0 Å². The number of carbonyl (C=O) groups is 5. The lowest BCUT2D eigenvalue weighted by Gasteiger charge is -2.18. The summed E-state index contributed by atoms with van der Waals surface area (Å²) >= 11 is 0. The fourth-order valence-electron chi connectivity index (χ4n) is 4.74. The van der Waals surface area contributed by atoms with Crippen LogP contribution < -0.4 is 26.6 Å². The summed E-state index contributed by atoms with van der Waals surface area (Å²) < 4.78 is 63.5. The number of anilines is 2. The van der Waals surface area contributed by atoms with Crippen molar-refractivity contribution in [2.45, 2.75) is 70.5 Å². The molecule has 1 aromatic heterocycles. The summed E-state index contributed by atoms with van der Waals surface area (Å²) in [6.07, 6.45) is -7.06. The molecule has 3 atom stereocenters. The lowest BCUT2D eigenvalue weighted by molar-refractivity contribution is -0.193. The first-order valence-corrected chi connectivity index (χ1v) is 14.7. The zero-order valence-electron chi connectivity index (χ0n) is 26.3. The van der Waals surface area contributed by atoms with E-state index < -0.39 is 30.3 Å². The molecule has 2 aliphatic rings. The van der Waals surface area contributed by atoms with Gasteiger partial charge in [0.25, 0.3) is 0 Å². The number of aliphatic carboxylic acids is 2. The zero-order valence-corrected chi connectivity index (χ0v) is 26.3. The number of halogens is 6. The lowest BCUT2D eigenvalue weighted by atomic mass is 9.96. The fourth-order valence-corrected chi connectivity index (χ4v) is 4.74. The number of nitrogens with two attached hydrogens (primary N) is 1. The van der Waals surface area contributed by atoms with E-state index in [1.807, 2.05) is 30.0 Å². The standard InChI is InChI=1S/C26H34N6O3.2C2HF3O2/c1-16-20(7-10-23(27)30-16)15-29-25(34)17(2)31-26(35)22-13-19(14-28-22)12-18-5-8-21(9-6-18)32-11-3-4-24(32)33;2*3-2(4,5)1(6)7/h5-10,17,19,22,28H,3-4,11-15H2,1-2H3,(H2,27,30)(H,29,34)(H,31,35);2*(H,6,7)/t17-,19-,22+;;/m0../s1. The molecule has 2 aromatic rings. The van der Waals surface area contributed by atoms with Crippen molar-refractivity contribution in [1.29, 1.82) is 0 Å². The topological polar surface area (TPSA) is 204 Å². The maximum absolute atomic E-state index is 12.7. The van der Waals surface area contributed by atoms with Gasteiger partial charge in [-0.1, -0.05) is 18.2 Å². The van der Waals surface area contributed by atoms with Crippen LogP contribution in [0, 0.1) is 12.8 Å². The van der Waals surface area contributed by atoms with E-state index in [1.54, 1.807) is 13.0 Å². The molecular formula is C30H36F6N6O7. The average Bonchev–Trinajstić information content (AvgIpc) is 3.65. The number of hydrogen-bond donors (Lipinski definition) is 6. The monoisotopic (exact) mass is 706 g/mol. The number of pyridine rings is 1. The third kappa shape index (κ3) is 13.2. The number of alkyl halides is 6. The Kier molecular flexibility index (Phi) is 14.3. The van der Waals surface area contributed by atoms with Crippen LogP contribution in [0.15, 0.2) is 36.4 Å². The average molecular weight is 707 g/mol. The predicted octanol–water partition coefficient (Wildman–Crippen LogP) is 2.71. The van der Waals surface area contributed by atoms with E-state index in [0.29, 0.717) is 31.1 Å². The molecule has 2 fully saturated rings. The normalized spacial score (nSPS) is 18.0. The van der Waals surface area contributed by atoms with Crippen molar-refractivity contribution < 1.29 is 60.5 Å².